The maximum Gasteiger partial charge on any atom is 0.345 e. The minimum Gasteiger partial charge on any atom is -0.477 e. The van der Waals surface area contributed by atoms with E-state index in [1.54, 1.807) is 6.07 Å². The van der Waals surface area contributed by atoms with Crippen molar-refractivity contribution in [1.82, 2.24) is 9.36 Å². The zero-order valence-electron chi connectivity index (χ0n) is 10.1. The van der Waals surface area contributed by atoms with E-state index in [-0.39, 0.29) is 5.41 Å². The number of aromatic carboxylic acids is 1. The van der Waals surface area contributed by atoms with Gasteiger partial charge < -0.3 is 5.11 Å². The molecule has 2 aromatic rings. The summed E-state index contributed by atoms with van der Waals surface area (Å²) in [5.74, 6) is -0.0665. The Hall–Kier alpha value is -0.920. The van der Waals surface area contributed by atoms with Gasteiger partial charge in [-0.3, -0.25) is 0 Å². The highest BCUT2D eigenvalue weighted by molar-refractivity contribution is 8.01. The van der Waals surface area contributed by atoms with Crippen molar-refractivity contribution in [2.45, 2.75) is 35.4 Å². The van der Waals surface area contributed by atoms with Crippen molar-refractivity contribution in [2.24, 2.45) is 0 Å². The van der Waals surface area contributed by atoms with Crippen LogP contribution in [0.2, 0.25) is 0 Å². The van der Waals surface area contributed by atoms with Crippen LogP contribution in [0.15, 0.2) is 20.7 Å². The molecule has 0 bridgehead atoms. The van der Waals surface area contributed by atoms with E-state index in [0.717, 1.165) is 15.1 Å². The summed E-state index contributed by atoms with van der Waals surface area (Å²) in [4.78, 5) is 16.5. The average molecular weight is 300 g/mol. The van der Waals surface area contributed by atoms with Crippen molar-refractivity contribution in [2.75, 3.05) is 0 Å². The van der Waals surface area contributed by atoms with Gasteiger partial charge in [0.15, 0.2) is 4.34 Å². The summed E-state index contributed by atoms with van der Waals surface area (Å²) in [6.07, 6.45) is 0. The highest BCUT2D eigenvalue weighted by atomic mass is 32.2. The van der Waals surface area contributed by atoms with Gasteiger partial charge in [0.25, 0.3) is 0 Å². The number of hydrogen-bond acceptors (Lipinski definition) is 6. The Balaban J connectivity index is 2.14. The molecule has 0 saturated heterocycles. The smallest absolute Gasteiger partial charge is 0.345 e. The Bertz CT molecular complexity index is 569. The summed E-state index contributed by atoms with van der Waals surface area (Å²) in [5, 5.41) is 10.7. The molecule has 0 atom stereocenters. The Morgan fingerprint density at radius 3 is 2.67 bits per heavy atom. The molecule has 96 valence electrons. The van der Waals surface area contributed by atoms with Gasteiger partial charge in [0.1, 0.15) is 10.7 Å². The van der Waals surface area contributed by atoms with E-state index in [4.69, 9.17) is 5.11 Å². The molecule has 0 spiro atoms. The van der Waals surface area contributed by atoms with Gasteiger partial charge in [-0.15, -0.1) is 11.3 Å². The highest BCUT2D eigenvalue weighted by Crippen LogP contribution is 2.34. The standard InChI is InChI=1S/C11H12N2O2S3/c1-11(2,3)9-12-10(18-13-9)17-6-4-7(8(14)15)16-5-6/h4-5H,1-3H3,(H,14,15). The lowest BCUT2D eigenvalue weighted by molar-refractivity contribution is 0.0702. The zero-order valence-corrected chi connectivity index (χ0v) is 12.6. The average Bonchev–Trinajstić information content (AvgIpc) is 2.85. The fourth-order valence-electron chi connectivity index (χ4n) is 1.14. The Morgan fingerprint density at radius 2 is 2.17 bits per heavy atom. The van der Waals surface area contributed by atoms with Crippen LogP contribution in [-0.4, -0.2) is 20.4 Å². The minimum absolute atomic E-state index is 0.0593. The second kappa shape index (κ2) is 4.99. The van der Waals surface area contributed by atoms with Crippen LogP contribution in [0.3, 0.4) is 0 Å². The molecule has 2 heterocycles. The van der Waals surface area contributed by atoms with Gasteiger partial charge in [-0.1, -0.05) is 32.5 Å². The first-order valence-electron chi connectivity index (χ1n) is 5.20. The van der Waals surface area contributed by atoms with Gasteiger partial charge in [0.2, 0.25) is 0 Å². The second-order valence-corrected chi connectivity index (χ2v) is 7.67. The quantitative estimate of drug-likeness (QED) is 0.935. The molecule has 2 aromatic heterocycles. The summed E-state index contributed by atoms with van der Waals surface area (Å²) in [7, 11) is 0. The summed E-state index contributed by atoms with van der Waals surface area (Å²) >= 11 is 4.03. The Kier molecular flexibility index (Phi) is 3.74. The molecule has 0 radical (unpaired) electrons. The molecule has 18 heavy (non-hydrogen) atoms. The third kappa shape index (κ3) is 3.09. The number of carboxylic acid groups (broad SMARTS) is 1. The SMILES string of the molecule is CC(C)(C)c1nsc(Sc2csc(C(=O)O)c2)n1. The first-order valence-corrected chi connectivity index (χ1v) is 7.67. The molecular weight excluding hydrogens is 288 g/mol. The van der Waals surface area contributed by atoms with Crippen molar-refractivity contribution >= 4 is 40.6 Å². The molecule has 0 saturated carbocycles. The molecule has 0 amide bonds. The van der Waals surface area contributed by atoms with Crippen LogP contribution in [-0.2, 0) is 5.41 Å². The van der Waals surface area contributed by atoms with Crippen LogP contribution in [0.4, 0.5) is 0 Å². The van der Waals surface area contributed by atoms with E-state index < -0.39 is 5.97 Å². The number of thiophene rings is 1. The van der Waals surface area contributed by atoms with E-state index in [9.17, 15) is 4.79 Å². The molecule has 0 unspecified atom stereocenters. The second-order valence-electron chi connectivity index (χ2n) is 4.69. The maximum absolute atomic E-state index is 10.8. The molecule has 0 aliphatic heterocycles. The summed E-state index contributed by atoms with van der Waals surface area (Å²) in [6, 6.07) is 1.66. The van der Waals surface area contributed by atoms with Crippen molar-refractivity contribution in [1.29, 1.82) is 0 Å². The predicted molar refractivity (Wildman–Crippen MR) is 74.0 cm³/mol. The molecule has 7 heteroatoms. The first kappa shape index (κ1) is 13.5. The van der Waals surface area contributed by atoms with Crippen LogP contribution in [0.1, 0.15) is 36.3 Å². The van der Waals surface area contributed by atoms with Gasteiger partial charge in [-0.25, -0.2) is 9.78 Å². The number of nitrogens with zero attached hydrogens (tertiary/aromatic N) is 2. The number of carbonyl (C=O) groups is 1. The maximum atomic E-state index is 10.8. The van der Waals surface area contributed by atoms with Gasteiger partial charge in [-0.2, -0.15) is 4.37 Å². The van der Waals surface area contributed by atoms with Crippen molar-refractivity contribution in [3.05, 3.63) is 22.1 Å². The van der Waals surface area contributed by atoms with Gasteiger partial charge >= 0.3 is 5.97 Å². The van der Waals surface area contributed by atoms with Crippen LogP contribution in [0.5, 0.6) is 0 Å². The van der Waals surface area contributed by atoms with Gasteiger partial charge in [-0.05, 0) is 17.6 Å². The fourth-order valence-corrected chi connectivity index (χ4v) is 3.83. The molecular formula is C11H12N2O2S3. The number of hydrogen-bond donors (Lipinski definition) is 1. The fraction of sp³-hybridized carbons (Fsp3) is 0.364. The molecule has 0 aliphatic carbocycles. The molecule has 1 N–H and O–H groups in total. The van der Waals surface area contributed by atoms with Crippen LogP contribution < -0.4 is 0 Å². The Morgan fingerprint density at radius 1 is 1.44 bits per heavy atom. The van der Waals surface area contributed by atoms with Crippen molar-refractivity contribution in [3.63, 3.8) is 0 Å². The predicted octanol–water partition coefficient (Wildman–Crippen LogP) is 3.75. The van der Waals surface area contributed by atoms with E-state index >= 15 is 0 Å². The minimum atomic E-state index is -0.889. The topological polar surface area (TPSA) is 63.1 Å². The van der Waals surface area contributed by atoms with Crippen LogP contribution >= 0.6 is 34.6 Å². The summed E-state index contributed by atoms with van der Waals surface area (Å²) in [6.45, 7) is 6.20. The molecule has 0 fully saturated rings. The third-order valence-corrected chi connectivity index (χ3v) is 4.86. The van der Waals surface area contributed by atoms with E-state index in [2.05, 4.69) is 30.1 Å². The van der Waals surface area contributed by atoms with Crippen molar-refractivity contribution < 1.29 is 9.90 Å². The normalized spacial score (nSPS) is 11.7. The van der Waals surface area contributed by atoms with E-state index in [1.165, 1.54) is 34.6 Å². The lowest BCUT2D eigenvalue weighted by Gasteiger charge is -2.11. The number of carboxylic acids is 1. The summed E-state index contributed by atoms with van der Waals surface area (Å²) in [5.41, 5.74) is -0.0593. The number of rotatable bonds is 3. The van der Waals surface area contributed by atoms with Gasteiger partial charge in [0.05, 0.1) is 0 Å². The molecule has 4 nitrogen and oxygen atoms in total. The monoisotopic (exact) mass is 300 g/mol. The van der Waals surface area contributed by atoms with Crippen LogP contribution in [0.25, 0.3) is 0 Å². The first-order chi connectivity index (χ1) is 8.36. The lowest BCUT2D eigenvalue weighted by atomic mass is 9.96. The van der Waals surface area contributed by atoms with E-state index in [0.29, 0.717) is 4.88 Å². The summed E-state index contributed by atoms with van der Waals surface area (Å²) < 4.78 is 5.16. The lowest BCUT2D eigenvalue weighted by Crippen LogP contribution is -2.12. The van der Waals surface area contributed by atoms with Crippen molar-refractivity contribution in [3.8, 4) is 0 Å². The largest absolute Gasteiger partial charge is 0.477 e. The Labute approximate surface area is 117 Å². The van der Waals surface area contributed by atoms with E-state index in [1.807, 2.05) is 5.38 Å². The van der Waals surface area contributed by atoms with Gasteiger partial charge in [0, 0.05) is 15.7 Å². The third-order valence-electron chi connectivity index (χ3n) is 2.07. The molecule has 0 aromatic carbocycles. The molecule has 2 rings (SSSR count). The highest BCUT2D eigenvalue weighted by Gasteiger charge is 2.20. The molecule has 0 aliphatic rings. The van der Waals surface area contributed by atoms with Crippen LogP contribution in [0, 0.1) is 0 Å². The zero-order chi connectivity index (χ0) is 13.3. The number of aromatic nitrogens is 2.